The Morgan fingerprint density at radius 2 is 1.71 bits per heavy atom. The van der Waals surface area contributed by atoms with E-state index >= 15 is 0 Å². The van der Waals surface area contributed by atoms with Gasteiger partial charge in [0.15, 0.2) is 9.84 Å². The van der Waals surface area contributed by atoms with E-state index in [-0.39, 0.29) is 5.75 Å². The Morgan fingerprint density at radius 3 is 2.24 bits per heavy atom. The number of hydrogen-bond acceptors (Lipinski definition) is 4. The first-order chi connectivity index (χ1) is 9.90. The van der Waals surface area contributed by atoms with Crippen molar-refractivity contribution in [3.63, 3.8) is 0 Å². The highest BCUT2D eigenvalue weighted by atomic mass is 32.2. The number of benzene rings is 1. The van der Waals surface area contributed by atoms with Crippen molar-refractivity contribution in [1.29, 1.82) is 0 Å². The molecule has 0 N–H and O–H groups in total. The van der Waals surface area contributed by atoms with Crippen LogP contribution in [0.4, 0.5) is 0 Å². The summed E-state index contributed by atoms with van der Waals surface area (Å²) in [4.78, 5) is 2.52. The summed E-state index contributed by atoms with van der Waals surface area (Å²) in [6, 6.07) is 7.05. The lowest BCUT2D eigenvalue weighted by atomic mass is 10.2. The predicted octanol–water partition coefficient (Wildman–Crippen LogP) is 2.39. The predicted molar refractivity (Wildman–Crippen MR) is 84.0 cm³/mol. The fourth-order valence-corrected chi connectivity index (χ4v) is 3.94. The van der Waals surface area contributed by atoms with Crippen LogP contribution in [0.3, 0.4) is 0 Å². The maximum absolute atomic E-state index is 12.6. The summed E-state index contributed by atoms with van der Waals surface area (Å²) in [6.07, 6.45) is 0. The van der Waals surface area contributed by atoms with E-state index in [1.165, 1.54) is 0 Å². The number of aryl methyl sites for hydroxylation is 1. The molecule has 1 aromatic rings. The molecule has 5 heteroatoms. The third-order valence-electron chi connectivity index (χ3n) is 3.68. The molecule has 0 bridgehead atoms. The van der Waals surface area contributed by atoms with Crippen molar-refractivity contribution >= 4 is 9.84 Å². The van der Waals surface area contributed by atoms with Crippen molar-refractivity contribution in [2.75, 3.05) is 32.1 Å². The van der Waals surface area contributed by atoms with E-state index in [0.29, 0.717) is 18.1 Å². The van der Waals surface area contributed by atoms with E-state index in [4.69, 9.17) is 4.74 Å². The summed E-state index contributed by atoms with van der Waals surface area (Å²) in [5, 5.41) is 0. The van der Waals surface area contributed by atoms with Gasteiger partial charge in [-0.1, -0.05) is 23.3 Å². The zero-order valence-electron chi connectivity index (χ0n) is 12.9. The molecule has 116 valence electrons. The average Bonchev–Trinajstić information content (AvgIpc) is 2.46. The molecule has 1 heterocycles. The van der Waals surface area contributed by atoms with Gasteiger partial charge in [0.25, 0.3) is 0 Å². The molecule has 21 heavy (non-hydrogen) atoms. The molecule has 0 atom stereocenters. The molecule has 1 aliphatic heterocycles. The smallest absolute Gasteiger partial charge is 0.183 e. The Bertz CT molecular complexity index is 607. The van der Waals surface area contributed by atoms with Gasteiger partial charge in [0.1, 0.15) is 0 Å². The number of rotatable bonds is 4. The Balaban J connectivity index is 2.24. The minimum atomic E-state index is -3.31. The number of morpholine rings is 1. The van der Waals surface area contributed by atoms with Gasteiger partial charge in [0.05, 0.1) is 23.9 Å². The lowest BCUT2D eigenvalue weighted by Gasteiger charge is -2.32. The van der Waals surface area contributed by atoms with Gasteiger partial charge in [-0.15, -0.1) is 0 Å². The SMILES string of the molecule is CC(C)=C(CS(=O)(=O)c1ccc(C)cc1)N1CCOCC1. The van der Waals surface area contributed by atoms with Crippen molar-refractivity contribution < 1.29 is 13.2 Å². The average molecular weight is 309 g/mol. The molecule has 0 saturated carbocycles. The van der Waals surface area contributed by atoms with Crippen LogP contribution in [0.25, 0.3) is 0 Å². The first kappa shape index (κ1) is 16.0. The van der Waals surface area contributed by atoms with E-state index in [0.717, 1.165) is 29.9 Å². The van der Waals surface area contributed by atoms with Crippen molar-refractivity contribution in [3.05, 3.63) is 41.1 Å². The van der Waals surface area contributed by atoms with Crippen LogP contribution in [-0.4, -0.2) is 45.4 Å². The molecule has 0 aromatic heterocycles. The Morgan fingerprint density at radius 1 is 1.14 bits per heavy atom. The fourth-order valence-electron chi connectivity index (χ4n) is 2.39. The molecule has 0 unspecified atom stereocenters. The van der Waals surface area contributed by atoms with Crippen LogP contribution in [0.1, 0.15) is 19.4 Å². The lowest BCUT2D eigenvalue weighted by molar-refractivity contribution is 0.0534. The molecular weight excluding hydrogens is 286 g/mol. The molecular formula is C16H23NO3S. The molecule has 2 rings (SSSR count). The van der Waals surface area contributed by atoms with E-state index < -0.39 is 9.84 Å². The third kappa shape index (κ3) is 4.08. The lowest BCUT2D eigenvalue weighted by Crippen LogP contribution is -2.38. The van der Waals surface area contributed by atoms with Crippen molar-refractivity contribution in [2.45, 2.75) is 25.7 Å². The highest BCUT2D eigenvalue weighted by molar-refractivity contribution is 7.91. The largest absolute Gasteiger partial charge is 0.378 e. The zero-order chi connectivity index (χ0) is 15.5. The van der Waals surface area contributed by atoms with Gasteiger partial charge in [-0.2, -0.15) is 0 Å². The van der Waals surface area contributed by atoms with Crippen LogP contribution < -0.4 is 0 Å². The second-order valence-corrected chi connectivity index (χ2v) is 7.61. The topological polar surface area (TPSA) is 46.6 Å². The number of ether oxygens (including phenoxy) is 1. The van der Waals surface area contributed by atoms with E-state index in [9.17, 15) is 8.42 Å². The van der Waals surface area contributed by atoms with Crippen molar-refractivity contribution in [3.8, 4) is 0 Å². The number of allylic oxidation sites excluding steroid dienone is 1. The third-order valence-corrected chi connectivity index (χ3v) is 5.32. The van der Waals surface area contributed by atoms with Gasteiger partial charge in [-0.3, -0.25) is 0 Å². The van der Waals surface area contributed by atoms with Crippen LogP contribution >= 0.6 is 0 Å². The summed E-state index contributed by atoms with van der Waals surface area (Å²) in [5.41, 5.74) is 3.01. The second kappa shape index (κ2) is 6.62. The molecule has 1 aliphatic rings. The van der Waals surface area contributed by atoms with Gasteiger partial charge in [0, 0.05) is 18.8 Å². The zero-order valence-corrected chi connectivity index (χ0v) is 13.7. The Hall–Kier alpha value is -1.33. The molecule has 1 aromatic carbocycles. The summed E-state index contributed by atoms with van der Waals surface area (Å²) >= 11 is 0. The van der Waals surface area contributed by atoms with Crippen LogP contribution in [0.2, 0.25) is 0 Å². The second-order valence-electron chi connectivity index (χ2n) is 5.62. The molecule has 0 aliphatic carbocycles. The quantitative estimate of drug-likeness (QED) is 0.857. The molecule has 0 radical (unpaired) electrons. The minimum Gasteiger partial charge on any atom is -0.378 e. The molecule has 4 nitrogen and oxygen atoms in total. The van der Waals surface area contributed by atoms with Gasteiger partial charge in [0.2, 0.25) is 0 Å². The normalized spacial score (nSPS) is 15.9. The van der Waals surface area contributed by atoms with Gasteiger partial charge >= 0.3 is 0 Å². The number of nitrogens with zero attached hydrogens (tertiary/aromatic N) is 1. The van der Waals surface area contributed by atoms with Gasteiger partial charge in [-0.05, 0) is 32.9 Å². The maximum atomic E-state index is 12.6. The van der Waals surface area contributed by atoms with Crippen LogP contribution in [0.5, 0.6) is 0 Å². The molecule has 0 amide bonds. The standard InChI is InChI=1S/C16H23NO3S/c1-13(2)16(17-8-10-20-11-9-17)12-21(18,19)15-6-4-14(3)5-7-15/h4-7H,8-12H2,1-3H3. The molecule has 0 spiro atoms. The van der Waals surface area contributed by atoms with E-state index in [1.54, 1.807) is 12.1 Å². The van der Waals surface area contributed by atoms with Gasteiger partial charge in [-0.25, -0.2) is 8.42 Å². The fraction of sp³-hybridized carbons (Fsp3) is 0.500. The number of sulfone groups is 1. The highest BCUT2D eigenvalue weighted by Gasteiger charge is 2.22. The summed E-state index contributed by atoms with van der Waals surface area (Å²) in [5.74, 6) is 0.0540. The van der Waals surface area contributed by atoms with Crippen molar-refractivity contribution in [2.24, 2.45) is 0 Å². The van der Waals surface area contributed by atoms with Crippen LogP contribution in [0, 0.1) is 6.92 Å². The monoisotopic (exact) mass is 309 g/mol. The highest BCUT2D eigenvalue weighted by Crippen LogP contribution is 2.20. The maximum Gasteiger partial charge on any atom is 0.183 e. The summed E-state index contributed by atoms with van der Waals surface area (Å²) in [7, 11) is -3.31. The van der Waals surface area contributed by atoms with Crippen molar-refractivity contribution in [1.82, 2.24) is 4.90 Å². The Labute approximate surface area is 127 Å². The first-order valence-electron chi connectivity index (χ1n) is 7.18. The summed E-state index contributed by atoms with van der Waals surface area (Å²) in [6.45, 7) is 8.70. The first-order valence-corrected chi connectivity index (χ1v) is 8.84. The van der Waals surface area contributed by atoms with E-state index in [1.807, 2.05) is 32.9 Å². The number of hydrogen-bond donors (Lipinski definition) is 0. The van der Waals surface area contributed by atoms with Crippen LogP contribution in [0.15, 0.2) is 40.4 Å². The van der Waals surface area contributed by atoms with Crippen LogP contribution in [-0.2, 0) is 14.6 Å². The van der Waals surface area contributed by atoms with Gasteiger partial charge < -0.3 is 9.64 Å². The summed E-state index contributed by atoms with van der Waals surface area (Å²) < 4.78 is 30.6. The minimum absolute atomic E-state index is 0.0540. The molecule has 1 saturated heterocycles. The van der Waals surface area contributed by atoms with E-state index in [2.05, 4.69) is 4.90 Å². The molecule has 1 fully saturated rings. The Kier molecular flexibility index (Phi) is 5.06.